The Morgan fingerprint density at radius 2 is 1.81 bits per heavy atom. The van der Waals surface area contributed by atoms with E-state index in [-0.39, 0.29) is 17.0 Å². The van der Waals surface area contributed by atoms with Crippen molar-refractivity contribution in [2.24, 2.45) is 16.7 Å². The molecule has 138 valence electrons. The van der Waals surface area contributed by atoms with Crippen molar-refractivity contribution in [1.29, 1.82) is 0 Å². The van der Waals surface area contributed by atoms with Crippen LogP contribution in [0.5, 0.6) is 0 Å². The molecule has 0 heterocycles. The van der Waals surface area contributed by atoms with Gasteiger partial charge < -0.3 is 0 Å². The molecule has 2 aromatic rings. The lowest BCUT2D eigenvalue weighted by Crippen LogP contribution is -2.45. The summed E-state index contributed by atoms with van der Waals surface area (Å²) in [5.74, 6) is 0.358. The molecule has 2 unspecified atom stereocenters. The molecule has 0 N–H and O–H groups in total. The van der Waals surface area contributed by atoms with Crippen LogP contribution in [0.3, 0.4) is 0 Å². The molecule has 2 fully saturated rings. The highest BCUT2D eigenvalue weighted by Gasteiger charge is 2.65. The molecule has 2 saturated carbocycles. The highest BCUT2D eigenvalue weighted by Crippen LogP contribution is 2.64. The summed E-state index contributed by atoms with van der Waals surface area (Å²) in [6.07, 6.45) is 2.17. The van der Waals surface area contributed by atoms with Gasteiger partial charge in [-0.2, -0.15) is 0 Å². The van der Waals surface area contributed by atoms with Gasteiger partial charge in [-0.15, -0.1) is 0 Å². The third-order valence-electron chi connectivity index (χ3n) is 7.08. The van der Waals surface area contributed by atoms with Gasteiger partial charge >= 0.3 is 0 Å². The molecule has 4 nitrogen and oxygen atoms in total. The fourth-order valence-corrected chi connectivity index (χ4v) is 6.98. The third kappa shape index (κ3) is 2.33. The molecule has 0 spiro atoms. The van der Waals surface area contributed by atoms with Crippen molar-refractivity contribution in [3.63, 3.8) is 0 Å². The summed E-state index contributed by atoms with van der Waals surface area (Å²) >= 11 is 0. The van der Waals surface area contributed by atoms with E-state index < -0.39 is 15.4 Å². The maximum Gasteiger partial charge on any atom is 0.235 e. The molecular weight excluding hydrogens is 346 g/mol. The minimum absolute atomic E-state index is 0.0916. The molecule has 2 atom stereocenters. The number of hydrogen-bond donors (Lipinski definition) is 0. The van der Waals surface area contributed by atoms with Crippen molar-refractivity contribution in [3.05, 3.63) is 42.5 Å². The summed E-state index contributed by atoms with van der Waals surface area (Å²) in [5, 5.41) is 2.08. The van der Waals surface area contributed by atoms with Gasteiger partial charge in [-0.3, -0.25) is 9.10 Å². The molecule has 4 rings (SSSR count). The fourth-order valence-electron chi connectivity index (χ4n) is 5.05. The van der Waals surface area contributed by atoms with Crippen LogP contribution in [-0.2, 0) is 14.8 Å². The molecule has 2 bridgehead atoms. The number of hydrogen-bond acceptors (Lipinski definition) is 3. The third-order valence-corrected chi connectivity index (χ3v) is 8.98. The predicted molar refractivity (Wildman–Crippen MR) is 105 cm³/mol. The van der Waals surface area contributed by atoms with Crippen molar-refractivity contribution in [3.8, 4) is 0 Å². The Bertz CT molecular complexity index is 995. The molecular formula is C21H25NO3S. The van der Waals surface area contributed by atoms with E-state index in [0.717, 1.165) is 17.2 Å². The number of fused-ring (bicyclic) bond motifs is 3. The maximum absolute atomic E-state index is 13.2. The average molecular weight is 372 g/mol. The van der Waals surface area contributed by atoms with Crippen molar-refractivity contribution < 1.29 is 13.2 Å². The van der Waals surface area contributed by atoms with Crippen molar-refractivity contribution in [2.75, 3.05) is 17.1 Å². The quantitative estimate of drug-likeness (QED) is 0.816. The number of nitrogens with zero attached hydrogens (tertiary/aromatic N) is 1. The Morgan fingerprint density at radius 1 is 1.12 bits per heavy atom. The second-order valence-corrected chi connectivity index (χ2v) is 10.4. The number of rotatable bonds is 4. The van der Waals surface area contributed by atoms with Crippen LogP contribution in [-0.4, -0.2) is 27.0 Å². The predicted octanol–water partition coefficient (Wildman–Crippen LogP) is 4.00. The van der Waals surface area contributed by atoms with Crippen molar-refractivity contribution >= 4 is 32.3 Å². The molecule has 2 aliphatic rings. The van der Waals surface area contributed by atoms with Crippen LogP contribution >= 0.6 is 0 Å². The highest BCUT2D eigenvalue weighted by atomic mass is 32.2. The Morgan fingerprint density at radius 3 is 2.42 bits per heavy atom. The fraction of sp³-hybridized carbons (Fsp3) is 0.476. The summed E-state index contributed by atoms with van der Waals surface area (Å²) in [6, 6.07) is 13.5. The van der Waals surface area contributed by atoms with E-state index in [9.17, 15) is 13.2 Å². The molecule has 0 amide bonds. The largest absolute Gasteiger partial charge is 0.299 e. The summed E-state index contributed by atoms with van der Waals surface area (Å²) < 4.78 is 27.8. The second-order valence-electron chi connectivity index (χ2n) is 8.42. The molecule has 0 saturated heterocycles. The first kappa shape index (κ1) is 17.5. The Kier molecular flexibility index (Phi) is 3.75. The standard InChI is InChI=1S/C21H25NO3S/c1-20(2)17-10-11-21(20,19(23)13-17)14-26(24,25)22(3)18-9-8-15-6-4-5-7-16(15)12-18/h4-9,12,17H,10-11,13-14H2,1-3H3. The van der Waals surface area contributed by atoms with Gasteiger partial charge in [-0.05, 0) is 47.1 Å². The van der Waals surface area contributed by atoms with Gasteiger partial charge in [0.25, 0.3) is 0 Å². The number of carbonyl (C=O) groups excluding carboxylic acids is 1. The lowest BCUT2D eigenvalue weighted by atomic mass is 9.70. The number of ketones is 1. The van der Waals surface area contributed by atoms with Crippen LogP contribution in [0.2, 0.25) is 0 Å². The Labute approximate surface area is 155 Å². The highest BCUT2D eigenvalue weighted by molar-refractivity contribution is 7.92. The SMILES string of the molecule is CN(c1ccc2ccccc2c1)S(=O)(=O)CC12CCC(CC1=O)C2(C)C. The Balaban J connectivity index is 1.68. The van der Waals surface area contributed by atoms with Gasteiger partial charge in [-0.1, -0.05) is 44.2 Å². The summed E-state index contributed by atoms with van der Waals surface area (Å²) in [6.45, 7) is 4.14. The lowest BCUT2D eigenvalue weighted by Gasteiger charge is -2.37. The smallest absolute Gasteiger partial charge is 0.235 e. The first-order valence-electron chi connectivity index (χ1n) is 9.16. The van der Waals surface area contributed by atoms with Gasteiger partial charge in [0.2, 0.25) is 10.0 Å². The number of sulfonamides is 1. The summed E-state index contributed by atoms with van der Waals surface area (Å²) in [7, 11) is -2.01. The van der Waals surface area contributed by atoms with E-state index in [4.69, 9.17) is 0 Å². The summed E-state index contributed by atoms with van der Waals surface area (Å²) in [5.41, 5.74) is -0.346. The van der Waals surface area contributed by atoms with Gasteiger partial charge in [0, 0.05) is 13.5 Å². The van der Waals surface area contributed by atoms with Gasteiger partial charge in [0.1, 0.15) is 5.78 Å². The molecule has 0 aliphatic heterocycles. The lowest BCUT2D eigenvalue weighted by molar-refractivity contribution is -0.128. The first-order chi connectivity index (χ1) is 12.2. The number of anilines is 1. The second kappa shape index (κ2) is 5.56. The zero-order valence-electron chi connectivity index (χ0n) is 15.5. The number of carbonyl (C=O) groups is 1. The molecule has 0 aromatic heterocycles. The zero-order valence-corrected chi connectivity index (χ0v) is 16.3. The van der Waals surface area contributed by atoms with Crippen molar-refractivity contribution in [2.45, 2.75) is 33.1 Å². The van der Waals surface area contributed by atoms with Crippen LogP contribution in [0.1, 0.15) is 33.1 Å². The summed E-state index contributed by atoms with van der Waals surface area (Å²) in [4.78, 5) is 12.7. The van der Waals surface area contributed by atoms with Crippen LogP contribution in [0, 0.1) is 16.7 Å². The first-order valence-corrected chi connectivity index (χ1v) is 10.8. The number of Topliss-reactive ketones (excluding diaryl/α,β-unsaturated/α-hetero) is 1. The van der Waals surface area contributed by atoms with Crippen LogP contribution in [0.15, 0.2) is 42.5 Å². The van der Waals surface area contributed by atoms with Crippen LogP contribution in [0.4, 0.5) is 5.69 Å². The normalized spacial score (nSPS) is 27.2. The van der Waals surface area contributed by atoms with Crippen LogP contribution in [0.25, 0.3) is 10.8 Å². The molecule has 5 heteroatoms. The molecule has 2 aromatic carbocycles. The zero-order chi connectivity index (χ0) is 18.7. The minimum Gasteiger partial charge on any atom is -0.299 e. The van der Waals surface area contributed by atoms with E-state index in [0.29, 0.717) is 24.4 Å². The van der Waals surface area contributed by atoms with Gasteiger partial charge in [0.05, 0.1) is 16.9 Å². The van der Waals surface area contributed by atoms with Gasteiger partial charge in [-0.25, -0.2) is 8.42 Å². The molecule has 26 heavy (non-hydrogen) atoms. The van der Waals surface area contributed by atoms with E-state index in [1.807, 2.05) is 42.5 Å². The maximum atomic E-state index is 13.2. The van der Waals surface area contributed by atoms with E-state index in [1.54, 1.807) is 7.05 Å². The van der Waals surface area contributed by atoms with Crippen LogP contribution < -0.4 is 4.31 Å². The molecule has 2 aliphatic carbocycles. The monoisotopic (exact) mass is 371 g/mol. The van der Waals surface area contributed by atoms with E-state index in [1.165, 1.54) is 4.31 Å². The average Bonchev–Trinajstić information content (AvgIpc) is 2.94. The topological polar surface area (TPSA) is 54.5 Å². The van der Waals surface area contributed by atoms with E-state index in [2.05, 4.69) is 13.8 Å². The minimum atomic E-state index is -3.60. The Hall–Kier alpha value is -1.88. The van der Waals surface area contributed by atoms with Gasteiger partial charge in [0.15, 0.2) is 0 Å². The number of benzene rings is 2. The van der Waals surface area contributed by atoms with Crippen molar-refractivity contribution in [1.82, 2.24) is 0 Å². The van der Waals surface area contributed by atoms with E-state index >= 15 is 0 Å². The molecule has 0 radical (unpaired) electrons.